The lowest BCUT2D eigenvalue weighted by atomic mass is 9.92. The number of aromatic nitrogens is 1. The number of rotatable bonds is 5. The predicted octanol–water partition coefficient (Wildman–Crippen LogP) is 7.09. The van der Waals surface area contributed by atoms with Crippen LogP contribution in [0.1, 0.15) is 0 Å². The van der Waals surface area contributed by atoms with E-state index in [0.29, 0.717) is 27.6 Å². The second kappa shape index (κ2) is 8.97. The van der Waals surface area contributed by atoms with E-state index >= 15 is 0 Å². The molecule has 0 N–H and O–H groups in total. The van der Waals surface area contributed by atoms with Crippen LogP contribution in [0.5, 0.6) is 5.88 Å². The molecule has 0 fully saturated rings. The third-order valence-electron chi connectivity index (χ3n) is 5.25. The molecule has 0 saturated carbocycles. The highest BCUT2D eigenvalue weighted by molar-refractivity contribution is 6.30. The fourth-order valence-corrected chi connectivity index (χ4v) is 3.71. The molecule has 4 aromatic rings. The standard InChI is InChI=1S/C26H21ClF2N2O/c1-31(2)20-9-10-21(22(14-20)23-13-19(28)8-11-25(23)29)24-12-17(15-30-26(24)32-3)16-4-6-18(27)7-5-16/h4-15H,1-3H3. The molecule has 0 spiro atoms. The molecule has 0 amide bonds. The zero-order valence-electron chi connectivity index (χ0n) is 17.9. The first-order valence-corrected chi connectivity index (χ1v) is 10.3. The Morgan fingerprint density at radius 3 is 2.22 bits per heavy atom. The molecule has 0 aliphatic carbocycles. The van der Waals surface area contributed by atoms with Crippen LogP contribution < -0.4 is 9.64 Å². The van der Waals surface area contributed by atoms with Crippen molar-refractivity contribution in [3.05, 3.63) is 89.6 Å². The molecule has 0 saturated heterocycles. The maximum absolute atomic E-state index is 14.8. The Balaban J connectivity index is 1.97. The summed E-state index contributed by atoms with van der Waals surface area (Å²) in [7, 11) is 5.32. The second-order valence-electron chi connectivity index (χ2n) is 7.54. The zero-order chi connectivity index (χ0) is 22.8. The number of anilines is 1. The van der Waals surface area contributed by atoms with Crippen molar-refractivity contribution < 1.29 is 13.5 Å². The Bertz CT molecular complexity index is 1270. The Labute approximate surface area is 190 Å². The van der Waals surface area contributed by atoms with Gasteiger partial charge in [0.2, 0.25) is 5.88 Å². The third kappa shape index (κ3) is 4.30. The lowest BCUT2D eigenvalue weighted by Gasteiger charge is -2.19. The van der Waals surface area contributed by atoms with Crippen LogP contribution in [0.2, 0.25) is 5.02 Å². The summed E-state index contributed by atoms with van der Waals surface area (Å²) in [6.45, 7) is 0. The van der Waals surface area contributed by atoms with Gasteiger partial charge in [-0.2, -0.15) is 0 Å². The van der Waals surface area contributed by atoms with Gasteiger partial charge in [0.25, 0.3) is 0 Å². The molecule has 0 unspecified atom stereocenters. The summed E-state index contributed by atoms with van der Waals surface area (Å²) in [5, 5.41) is 0.638. The average Bonchev–Trinajstić information content (AvgIpc) is 2.80. The van der Waals surface area contributed by atoms with E-state index in [1.54, 1.807) is 18.3 Å². The lowest BCUT2D eigenvalue weighted by Crippen LogP contribution is -2.09. The first-order chi connectivity index (χ1) is 15.4. The van der Waals surface area contributed by atoms with Crippen molar-refractivity contribution in [1.82, 2.24) is 4.98 Å². The van der Waals surface area contributed by atoms with Gasteiger partial charge in [-0.15, -0.1) is 0 Å². The lowest BCUT2D eigenvalue weighted by molar-refractivity contribution is 0.400. The maximum Gasteiger partial charge on any atom is 0.221 e. The minimum Gasteiger partial charge on any atom is -0.481 e. The Hall–Kier alpha value is -3.44. The quantitative estimate of drug-likeness (QED) is 0.324. The van der Waals surface area contributed by atoms with Gasteiger partial charge in [0.1, 0.15) is 11.6 Å². The van der Waals surface area contributed by atoms with Crippen molar-refractivity contribution in [2.75, 3.05) is 26.1 Å². The van der Waals surface area contributed by atoms with Gasteiger partial charge in [0, 0.05) is 47.7 Å². The summed E-state index contributed by atoms with van der Waals surface area (Å²) in [5.74, 6) is -0.634. The van der Waals surface area contributed by atoms with E-state index in [1.807, 2.05) is 55.4 Å². The van der Waals surface area contributed by atoms with Crippen molar-refractivity contribution in [2.24, 2.45) is 0 Å². The predicted molar refractivity (Wildman–Crippen MR) is 126 cm³/mol. The summed E-state index contributed by atoms with van der Waals surface area (Å²) < 4.78 is 34.4. The molecule has 162 valence electrons. The normalized spacial score (nSPS) is 10.8. The van der Waals surface area contributed by atoms with E-state index in [9.17, 15) is 8.78 Å². The van der Waals surface area contributed by atoms with Crippen molar-refractivity contribution in [2.45, 2.75) is 0 Å². The monoisotopic (exact) mass is 450 g/mol. The molecule has 0 aliphatic heterocycles. The number of ether oxygens (including phenoxy) is 1. The fraction of sp³-hybridized carbons (Fsp3) is 0.115. The van der Waals surface area contributed by atoms with Crippen LogP contribution in [0, 0.1) is 11.6 Å². The summed E-state index contributed by atoms with van der Waals surface area (Å²) in [5.41, 5.74) is 4.69. The highest BCUT2D eigenvalue weighted by Crippen LogP contribution is 2.41. The maximum atomic E-state index is 14.8. The van der Waals surface area contributed by atoms with Gasteiger partial charge in [-0.1, -0.05) is 29.8 Å². The molecule has 0 radical (unpaired) electrons. The average molecular weight is 451 g/mol. The summed E-state index contributed by atoms with van der Waals surface area (Å²) in [6, 6.07) is 18.4. The molecule has 0 bridgehead atoms. The highest BCUT2D eigenvalue weighted by Gasteiger charge is 2.18. The highest BCUT2D eigenvalue weighted by atomic mass is 35.5. The second-order valence-corrected chi connectivity index (χ2v) is 7.97. The molecular weight excluding hydrogens is 430 g/mol. The van der Waals surface area contributed by atoms with Gasteiger partial charge in [0.05, 0.1) is 7.11 Å². The smallest absolute Gasteiger partial charge is 0.221 e. The Morgan fingerprint density at radius 2 is 1.53 bits per heavy atom. The molecule has 4 rings (SSSR count). The molecule has 3 nitrogen and oxygen atoms in total. The van der Waals surface area contributed by atoms with E-state index in [2.05, 4.69) is 4.98 Å². The number of methoxy groups -OCH3 is 1. The number of benzene rings is 3. The summed E-state index contributed by atoms with van der Waals surface area (Å²) in [4.78, 5) is 6.38. The molecular formula is C26H21ClF2N2O. The Morgan fingerprint density at radius 1 is 0.781 bits per heavy atom. The van der Waals surface area contributed by atoms with Crippen molar-refractivity contribution in [3.8, 4) is 39.3 Å². The number of hydrogen-bond donors (Lipinski definition) is 0. The largest absolute Gasteiger partial charge is 0.481 e. The van der Waals surface area contributed by atoms with Crippen LogP contribution in [0.15, 0.2) is 72.9 Å². The van der Waals surface area contributed by atoms with E-state index < -0.39 is 11.6 Å². The molecule has 0 atom stereocenters. The van der Waals surface area contributed by atoms with Crippen LogP contribution in [0.25, 0.3) is 33.4 Å². The van der Waals surface area contributed by atoms with Gasteiger partial charge >= 0.3 is 0 Å². The third-order valence-corrected chi connectivity index (χ3v) is 5.50. The number of hydrogen-bond acceptors (Lipinski definition) is 3. The summed E-state index contributed by atoms with van der Waals surface area (Å²) in [6.07, 6.45) is 1.71. The number of nitrogens with zero attached hydrogens (tertiary/aromatic N) is 2. The molecule has 1 heterocycles. The van der Waals surface area contributed by atoms with Crippen LogP contribution in [0.4, 0.5) is 14.5 Å². The zero-order valence-corrected chi connectivity index (χ0v) is 18.6. The van der Waals surface area contributed by atoms with Crippen LogP contribution in [0.3, 0.4) is 0 Å². The van der Waals surface area contributed by atoms with E-state index in [-0.39, 0.29) is 5.56 Å². The van der Waals surface area contributed by atoms with Crippen molar-refractivity contribution in [3.63, 3.8) is 0 Å². The fourth-order valence-electron chi connectivity index (χ4n) is 3.58. The van der Waals surface area contributed by atoms with Crippen LogP contribution in [-0.4, -0.2) is 26.2 Å². The van der Waals surface area contributed by atoms with Gasteiger partial charge in [-0.05, 0) is 65.2 Å². The number of halogens is 3. The molecule has 3 aromatic carbocycles. The van der Waals surface area contributed by atoms with E-state index in [0.717, 1.165) is 28.9 Å². The van der Waals surface area contributed by atoms with Crippen molar-refractivity contribution >= 4 is 17.3 Å². The van der Waals surface area contributed by atoms with Gasteiger partial charge in [-0.3, -0.25) is 0 Å². The minimum absolute atomic E-state index is 0.169. The van der Waals surface area contributed by atoms with Crippen LogP contribution in [-0.2, 0) is 0 Å². The molecule has 0 aliphatic rings. The molecule has 6 heteroatoms. The van der Waals surface area contributed by atoms with Gasteiger partial charge < -0.3 is 9.64 Å². The first kappa shape index (κ1) is 21.8. The number of pyridine rings is 1. The van der Waals surface area contributed by atoms with Crippen LogP contribution >= 0.6 is 11.6 Å². The molecule has 32 heavy (non-hydrogen) atoms. The SMILES string of the molecule is COc1ncc(-c2ccc(Cl)cc2)cc1-c1ccc(N(C)C)cc1-c1cc(F)ccc1F. The van der Waals surface area contributed by atoms with E-state index in [4.69, 9.17) is 16.3 Å². The van der Waals surface area contributed by atoms with Crippen molar-refractivity contribution in [1.29, 1.82) is 0 Å². The molecule has 1 aromatic heterocycles. The van der Waals surface area contributed by atoms with Gasteiger partial charge in [-0.25, -0.2) is 13.8 Å². The van der Waals surface area contributed by atoms with Gasteiger partial charge in [0.15, 0.2) is 0 Å². The topological polar surface area (TPSA) is 25.4 Å². The van der Waals surface area contributed by atoms with E-state index in [1.165, 1.54) is 13.2 Å². The Kier molecular flexibility index (Phi) is 6.10. The first-order valence-electron chi connectivity index (χ1n) is 9.94. The minimum atomic E-state index is -0.511. The summed E-state index contributed by atoms with van der Waals surface area (Å²) >= 11 is 6.02.